The summed E-state index contributed by atoms with van der Waals surface area (Å²) in [5, 5.41) is 13.6. The van der Waals surface area contributed by atoms with Gasteiger partial charge in [0, 0.05) is 21.7 Å². The van der Waals surface area contributed by atoms with Crippen molar-refractivity contribution in [2.75, 3.05) is 5.32 Å². The molecule has 2 aromatic heterocycles. The molecule has 0 radical (unpaired) electrons. The van der Waals surface area contributed by atoms with Gasteiger partial charge in [0.05, 0.1) is 30.3 Å². The van der Waals surface area contributed by atoms with E-state index in [0.29, 0.717) is 21.8 Å². The van der Waals surface area contributed by atoms with Crippen LogP contribution in [0.1, 0.15) is 15.9 Å². The molecule has 180 valence electrons. The molecule has 0 atom stereocenters. The van der Waals surface area contributed by atoms with Gasteiger partial charge in [-0.3, -0.25) is 14.3 Å². The van der Waals surface area contributed by atoms with Gasteiger partial charge in [-0.15, -0.1) is 0 Å². The van der Waals surface area contributed by atoms with E-state index in [2.05, 4.69) is 10.3 Å². The predicted octanol–water partition coefficient (Wildman–Crippen LogP) is 5.31. The van der Waals surface area contributed by atoms with Crippen molar-refractivity contribution in [1.82, 2.24) is 14.1 Å². The van der Waals surface area contributed by atoms with Crippen LogP contribution < -0.4 is 11.0 Å². The van der Waals surface area contributed by atoms with Crippen molar-refractivity contribution in [3.05, 3.63) is 99.8 Å². The molecule has 2 heterocycles. The Bertz CT molecular complexity index is 1420. The zero-order valence-corrected chi connectivity index (χ0v) is 19.2. The Hall–Kier alpha value is -3.70. The van der Waals surface area contributed by atoms with Crippen LogP contribution in [0.3, 0.4) is 0 Å². The number of hydrogen-bond acceptors (Lipinski definition) is 5. The number of imidazole rings is 1. The molecule has 12 heteroatoms. The number of halogens is 4. The van der Waals surface area contributed by atoms with Crippen LogP contribution in [0.2, 0.25) is 5.02 Å². The minimum absolute atomic E-state index is 0.0137. The molecule has 0 spiro atoms. The number of rotatable bonds is 6. The first kappa shape index (κ1) is 24.4. The first-order valence-electron chi connectivity index (χ1n) is 9.98. The highest BCUT2D eigenvalue weighted by atomic mass is 35.5. The highest BCUT2D eigenvalue weighted by Crippen LogP contribution is 2.37. The van der Waals surface area contributed by atoms with Crippen LogP contribution in [0.25, 0.3) is 5.69 Å². The van der Waals surface area contributed by atoms with Crippen molar-refractivity contribution in [1.29, 1.82) is 0 Å². The minimum Gasteiger partial charge on any atom is -0.493 e. The fraction of sp³-hybridized carbons (Fsp3) is 0.0870. The van der Waals surface area contributed by atoms with E-state index in [1.54, 1.807) is 30.3 Å². The lowest BCUT2D eigenvalue weighted by atomic mass is 10.2. The molecule has 2 N–H and O–H groups in total. The Morgan fingerprint density at radius 3 is 2.43 bits per heavy atom. The quantitative estimate of drug-likeness (QED) is 0.337. The van der Waals surface area contributed by atoms with Crippen LogP contribution in [0.4, 0.5) is 18.9 Å². The second-order valence-electron chi connectivity index (χ2n) is 7.27. The summed E-state index contributed by atoms with van der Waals surface area (Å²) < 4.78 is 39.8. The van der Waals surface area contributed by atoms with Crippen LogP contribution in [-0.2, 0) is 6.54 Å². The van der Waals surface area contributed by atoms with Crippen molar-refractivity contribution >= 4 is 35.0 Å². The average molecular weight is 521 g/mol. The summed E-state index contributed by atoms with van der Waals surface area (Å²) in [5.41, 5.74) is -3.58. The van der Waals surface area contributed by atoms with Gasteiger partial charge >= 0.3 is 11.2 Å². The van der Waals surface area contributed by atoms with Crippen LogP contribution in [0.5, 0.6) is 5.88 Å². The number of carbonyl (C=O) groups is 1. The third kappa shape index (κ3) is 5.87. The Morgan fingerprint density at radius 2 is 1.77 bits per heavy atom. The summed E-state index contributed by atoms with van der Waals surface area (Å²) in [7, 11) is 0. The topological polar surface area (TPSA) is 89.2 Å². The minimum atomic E-state index is -4.44. The maximum atomic E-state index is 13.0. The first-order valence-corrected chi connectivity index (χ1v) is 11.2. The third-order valence-electron chi connectivity index (χ3n) is 4.87. The Kier molecular flexibility index (Phi) is 6.90. The van der Waals surface area contributed by atoms with Crippen molar-refractivity contribution in [3.63, 3.8) is 0 Å². The van der Waals surface area contributed by atoms with E-state index in [9.17, 15) is 27.9 Å². The highest BCUT2D eigenvalue weighted by molar-refractivity contribution is 8.00. The summed E-state index contributed by atoms with van der Waals surface area (Å²) in [6.07, 6.45) is 4.13. The second kappa shape index (κ2) is 9.88. The Balaban J connectivity index is 1.57. The average Bonchev–Trinajstić information content (AvgIpc) is 3.08. The largest absolute Gasteiger partial charge is 0.493 e. The number of hydrogen-bond donors (Lipinski definition) is 2. The molecule has 7 nitrogen and oxygen atoms in total. The third-order valence-corrected chi connectivity index (χ3v) is 5.86. The van der Waals surface area contributed by atoms with Gasteiger partial charge in [0.2, 0.25) is 5.88 Å². The van der Waals surface area contributed by atoms with E-state index in [0.717, 1.165) is 4.57 Å². The van der Waals surface area contributed by atoms with Gasteiger partial charge in [0.15, 0.2) is 0 Å². The predicted molar refractivity (Wildman–Crippen MR) is 126 cm³/mol. The highest BCUT2D eigenvalue weighted by Gasteiger charge is 2.29. The molecule has 2 aromatic carbocycles. The number of aromatic nitrogens is 3. The van der Waals surface area contributed by atoms with E-state index in [1.807, 2.05) is 0 Å². The van der Waals surface area contributed by atoms with Gasteiger partial charge in [-0.1, -0.05) is 11.6 Å². The standard InChI is InChI=1S/C23H16ClF3N4O3S/c24-16-3-1-14(2-4-16)21(33)29-19-11-28-10-9-15(19)12-30-13-20(32)31(22(30)34)17-5-7-18(8-6-17)35-23(25,26)27/h1-11,13,32H,12H2,(H,29,33). The lowest BCUT2D eigenvalue weighted by Crippen LogP contribution is -2.24. The fourth-order valence-corrected chi connectivity index (χ4v) is 3.95. The number of pyridine rings is 1. The molecule has 0 saturated heterocycles. The second-order valence-corrected chi connectivity index (χ2v) is 8.84. The summed E-state index contributed by atoms with van der Waals surface area (Å²) >= 11 is 5.58. The molecule has 1 amide bonds. The van der Waals surface area contributed by atoms with Crippen molar-refractivity contribution in [2.24, 2.45) is 0 Å². The van der Waals surface area contributed by atoms with Crippen LogP contribution >= 0.6 is 23.4 Å². The monoisotopic (exact) mass is 520 g/mol. The number of carbonyl (C=O) groups excluding carboxylic acids is 1. The maximum Gasteiger partial charge on any atom is 0.446 e. The van der Waals surface area contributed by atoms with E-state index in [-0.39, 0.29) is 28.9 Å². The number of anilines is 1. The van der Waals surface area contributed by atoms with Gasteiger partial charge in [0.25, 0.3) is 5.91 Å². The zero-order valence-electron chi connectivity index (χ0n) is 17.7. The molecule has 4 aromatic rings. The van der Waals surface area contributed by atoms with E-state index in [4.69, 9.17) is 11.6 Å². The Labute approximate surface area is 205 Å². The maximum absolute atomic E-state index is 13.0. The van der Waals surface area contributed by atoms with Crippen LogP contribution in [-0.4, -0.2) is 30.6 Å². The van der Waals surface area contributed by atoms with Gasteiger partial charge in [-0.25, -0.2) is 9.36 Å². The van der Waals surface area contributed by atoms with E-state index in [1.165, 1.54) is 47.4 Å². The number of alkyl halides is 3. The molecule has 0 aliphatic carbocycles. The summed E-state index contributed by atoms with van der Waals surface area (Å²) in [5.74, 6) is -0.799. The van der Waals surface area contributed by atoms with Crippen LogP contribution in [0.15, 0.2) is 82.9 Å². The molecular weight excluding hydrogens is 505 g/mol. The zero-order chi connectivity index (χ0) is 25.2. The number of thioether (sulfide) groups is 1. The van der Waals surface area contributed by atoms with Gasteiger partial charge in [-0.2, -0.15) is 13.2 Å². The van der Waals surface area contributed by atoms with Crippen molar-refractivity contribution in [2.45, 2.75) is 16.9 Å². The number of nitrogens with zero attached hydrogens (tertiary/aromatic N) is 3. The fourth-order valence-electron chi connectivity index (χ4n) is 3.28. The van der Waals surface area contributed by atoms with Crippen LogP contribution in [0, 0.1) is 0 Å². The summed E-state index contributed by atoms with van der Waals surface area (Å²) in [6.45, 7) is -0.0137. The van der Waals surface area contributed by atoms with E-state index >= 15 is 0 Å². The first-order chi connectivity index (χ1) is 16.6. The smallest absolute Gasteiger partial charge is 0.446 e. The molecule has 4 rings (SSSR count). The molecule has 0 fully saturated rings. The molecule has 0 saturated carbocycles. The van der Waals surface area contributed by atoms with Gasteiger partial charge < -0.3 is 10.4 Å². The summed E-state index contributed by atoms with van der Waals surface area (Å²) in [4.78, 5) is 29.5. The molecule has 35 heavy (non-hydrogen) atoms. The normalized spacial score (nSPS) is 11.4. The lowest BCUT2D eigenvalue weighted by molar-refractivity contribution is -0.0328. The summed E-state index contributed by atoms with van der Waals surface area (Å²) in [6, 6.07) is 13.0. The van der Waals surface area contributed by atoms with E-state index < -0.39 is 23.0 Å². The lowest BCUT2D eigenvalue weighted by Gasteiger charge is -2.11. The van der Waals surface area contributed by atoms with Crippen molar-refractivity contribution in [3.8, 4) is 11.6 Å². The SMILES string of the molecule is O=C(Nc1cnccc1Cn1cc(O)n(-c2ccc(SC(F)(F)F)cc2)c1=O)c1ccc(Cl)cc1. The number of amides is 1. The number of aromatic hydroxyl groups is 1. The number of nitrogens with one attached hydrogen (secondary N) is 1. The molecular formula is C23H16ClF3N4O3S. The molecule has 0 aliphatic rings. The molecule has 0 unspecified atom stereocenters. The molecule has 0 aliphatic heterocycles. The number of benzene rings is 2. The van der Waals surface area contributed by atoms with Gasteiger partial charge in [0.1, 0.15) is 0 Å². The Morgan fingerprint density at radius 1 is 1.09 bits per heavy atom. The van der Waals surface area contributed by atoms with Gasteiger partial charge in [-0.05, 0) is 71.9 Å². The van der Waals surface area contributed by atoms with Crippen molar-refractivity contribution < 1.29 is 23.1 Å². The molecule has 0 bridgehead atoms.